The lowest BCUT2D eigenvalue weighted by Crippen LogP contribution is -2.35. The van der Waals surface area contributed by atoms with Crippen molar-refractivity contribution in [3.63, 3.8) is 0 Å². The quantitative estimate of drug-likeness (QED) is 0.149. The van der Waals surface area contributed by atoms with Gasteiger partial charge >= 0.3 is 12.1 Å². The number of hydrogen-bond acceptors (Lipinski definition) is 9. The highest BCUT2D eigenvalue weighted by Crippen LogP contribution is 2.32. The number of likely N-dealkylation sites (tertiary alicyclic amines) is 1. The number of nitrogens with one attached hydrogen (secondary N) is 1. The first-order valence-electron chi connectivity index (χ1n) is 17.4. The second-order valence-corrected chi connectivity index (χ2v) is 13.7. The van der Waals surface area contributed by atoms with E-state index in [1.165, 1.54) is 24.2 Å². The predicted octanol–water partition coefficient (Wildman–Crippen LogP) is 7.67. The molecule has 0 spiro atoms. The van der Waals surface area contributed by atoms with Crippen LogP contribution in [-0.4, -0.2) is 75.0 Å². The van der Waals surface area contributed by atoms with Gasteiger partial charge in [-0.05, 0) is 102 Å². The molecule has 0 saturated carbocycles. The molecule has 2 amide bonds. The lowest BCUT2D eigenvalue weighted by atomic mass is 10.1. The van der Waals surface area contributed by atoms with Crippen molar-refractivity contribution in [1.82, 2.24) is 4.90 Å². The molecular formula is C39H50ClN3O8. The van der Waals surface area contributed by atoms with Crippen molar-refractivity contribution in [2.45, 2.75) is 72.0 Å². The number of carbonyl (C=O) groups excluding carboxylic acids is 3. The fraction of sp³-hybridized carbons (Fsp3) is 0.462. The minimum atomic E-state index is -0.711. The standard InChI is InChI=1S/C39H50ClN3O8/c1-6-47-37(45)19-13-29-12-16-32(25-35(29)50-26-28-10-14-30(40)15-11-28)49-27-36(44)41-33-18-17-31(48-23-22-43-20-8-7-9-21-43)24-34(33)42(5)38(46)51-39(2,3)4/h10-12,14-18,24-25H,6-9,13,19-23,26-27H2,1-5H3,(H,41,44). The van der Waals surface area contributed by atoms with E-state index in [1.54, 1.807) is 77.2 Å². The lowest BCUT2D eigenvalue weighted by molar-refractivity contribution is -0.143. The lowest BCUT2D eigenvalue weighted by Gasteiger charge is -2.27. The monoisotopic (exact) mass is 723 g/mol. The third-order valence-electron chi connectivity index (χ3n) is 8.02. The van der Waals surface area contributed by atoms with Crippen LogP contribution in [0.25, 0.3) is 0 Å². The number of anilines is 2. The van der Waals surface area contributed by atoms with Crippen molar-refractivity contribution >= 4 is 40.9 Å². The van der Waals surface area contributed by atoms with E-state index in [9.17, 15) is 14.4 Å². The van der Waals surface area contributed by atoms with Gasteiger partial charge < -0.3 is 29.0 Å². The maximum Gasteiger partial charge on any atom is 0.414 e. The van der Waals surface area contributed by atoms with Gasteiger partial charge in [0.1, 0.15) is 36.1 Å². The number of aryl methyl sites for hydroxylation is 1. The molecular weight excluding hydrogens is 674 g/mol. The molecule has 0 radical (unpaired) electrons. The van der Waals surface area contributed by atoms with E-state index in [4.69, 9.17) is 35.3 Å². The first-order chi connectivity index (χ1) is 24.4. The van der Waals surface area contributed by atoms with Gasteiger partial charge in [-0.2, -0.15) is 0 Å². The summed E-state index contributed by atoms with van der Waals surface area (Å²) in [7, 11) is 1.59. The summed E-state index contributed by atoms with van der Waals surface area (Å²) < 4.78 is 28.8. The molecule has 0 unspecified atom stereocenters. The van der Waals surface area contributed by atoms with Gasteiger partial charge in [0.25, 0.3) is 5.91 Å². The fourth-order valence-corrected chi connectivity index (χ4v) is 5.53. The molecule has 1 fully saturated rings. The molecule has 1 heterocycles. The average Bonchev–Trinajstić information content (AvgIpc) is 3.10. The Hall–Kier alpha value is -4.48. The van der Waals surface area contributed by atoms with E-state index >= 15 is 0 Å². The number of hydrogen-bond donors (Lipinski definition) is 1. The first-order valence-corrected chi connectivity index (χ1v) is 17.8. The zero-order chi connectivity index (χ0) is 36.8. The molecule has 3 aromatic carbocycles. The van der Waals surface area contributed by atoms with E-state index in [1.807, 2.05) is 18.2 Å². The SMILES string of the molecule is CCOC(=O)CCc1ccc(OCC(=O)Nc2ccc(OCCN3CCCCC3)cc2N(C)C(=O)OC(C)(C)C)cc1OCc1ccc(Cl)cc1. The Balaban J connectivity index is 1.44. The maximum absolute atomic E-state index is 13.2. The molecule has 12 heteroatoms. The van der Waals surface area contributed by atoms with Gasteiger partial charge in [-0.1, -0.05) is 36.2 Å². The number of amides is 2. The normalized spacial score (nSPS) is 13.2. The summed E-state index contributed by atoms with van der Waals surface area (Å²) in [5, 5.41) is 3.49. The van der Waals surface area contributed by atoms with Crippen LogP contribution in [0, 0.1) is 0 Å². The fourth-order valence-electron chi connectivity index (χ4n) is 5.40. The van der Waals surface area contributed by atoms with Crippen LogP contribution in [0.15, 0.2) is 60.7 Å². The number of piperidine rings is 1. The Morgan fingerprint density at radius 1 is 0.902 bits per heavy atom. The molecule has 1 N–H and O–H groups in total. The summed E-state index contributed by atoms with van der Waals surface area (Å²) in [4.78, 5) is 42.0. The number of ether oxygens (including phenoxy) is 5. The smallest absolute Gasteiger partial charge is 0.414 e. The van der Waals surface area contributed by atoms with Crippen LogP contribution >= 0.6 is 11.6 Å². The van der Waals surface area contributed by atoms with E-state index in [-0.39, 0.29) is 25.6 Å². The Kier molecular flexibility index (Phi) is 14.8. The summed E-state index contributed by atoms with van der Waals surface area (Å²) >= 11 is 6.03. The highest BCUT2D eigenvalue weighted by atomic mass is 35.5. The van der Waals surface area contributed by atoms with Gasteiger partial charge in [-0.15, -0.1) is 0 Å². The average molecular weight is 724 g/mol. The molecule has 1 aliphatic rings. The molecule has 3 aromatic rings. The topological polar surface area (TPSA) is 116 Å². The largest absolute Gasteiger partial charge is 0.492 e. The van der Waals surface area contributed by atoms with Gasteiger partial charge in [0, 0.05) is 37.2 Å². The molecule has 0 aromatic heterocycles. The third-order valence-corrected chi connectivity index (χ3v) is 8.27. The number of halogens is 1. The minimum Gasteiger partial charge on any atom is -0.492 e. The van der Waals surface area contributed by atoms with Crippen molar-refractivity contribution < 1.29 is 38.1 Å². The number of benzene rings is 3. The molecule has 1 saturated heterocycles. The van der Waals surface area contributed by atoms with Crippen LogP contribution < -0.4 is 24.4 Å². The number of nitrogens with zero attached hydrogens (tertiary/aromatic N) is 2. The number of esters is 1. The summed E-state index contributed by atoms with van der Waals surface area (Å²) in [5.74, 6) is 0.749. The van der Waals surface area contributed by atoms with E-state index in [2.05, 4.69) is 10.2 Å². The second-order valence-electron chi connectivity index (χ2n) is 13.3. The van der Waals surface area contributed by atoms with Crippen LogP contribution in [0.4, 0.5) is 16.2 Å². The summed E-state index contributed by atoms with van der Waals surface area (Å²) in [6, 6.07) is 17.7. The Morgan fingerprint density at radius 2 is 1.61 bits per heavy atom. The van der Waals surface area contributed by atoms with Crippen molar-refractivity contribution in [1.29, 1.82) is 0 Å². The van der Waals surface area contributed by atoms with Crippen molar-refractivity contribution in [3.8, 4) is 17.2 Å². The zero-order valence-corrected chi connectivity index (χ0v) is 31.1. The minimum absolute atomic E-state index is 0.191. The van der Waals surface area contributed by atoms with E-state index in [0.717, 1.165) is 30.8 Å². The summed E-state index contributed by atoms with van der Waals surface area (Å²) in [6.07, 6.45) is 3.68. The molecule has 1 aliphatic heterocycles. The molecule has 0 aliphatic carbocycles. The van der Waals surface area contributed by atoms with Gasteiger partial charge in [0.05, 0.1) is 18.0 Å². The molecule has 0 bridgehead atoms. The number of carbonyl (C=O) groups is 3. The van der Waals surface area contributed by atoms with Crippen LogP contribution in [0.5, 0.6) is 17.2 Å². The Labute approximate surface area is 306 Å². The van der Waals surface area contributed by atoms with Gasteiger partial charge in [-0.3, -0.25) is 19.4 Å². The zero-order valence-electron chi connectivity index (χ0n) is 30.3. The number of rotatable bonds is 16. The summed E-state index contributed by atoms with van der Waals surface area (Å²) in [5.41, 5.74) is 1.80. The van der Waals surface area contributed by atoms with E-state index in [0.29, 0.717) is 53.3 Å². The highest BCUT2D eigenvalue weighted by Gasteiger charge is 2.24. The predicted molar refractivity (Wildman–Crippen MR) is 198 cm³/mol. The van der Waals surface area contributed by atoms with Gasteiger partial charge in [0.15, 0.2) is 6.61 Å². The molecule has 4 rings (SSSR count). The van der Waals surface area contributed by atoms with Crippen LogP contribution in [-0.2, 0) is 32.1 Å². The molecule has 51 heavy (non-hydrogen) atoms. The maximum atomic E-state index is 13.2. The first kappa shape index (κ1) is 39.3. The van der Waals surface area contributed by atoms with Crippen LogP contribution in [0.3, 0.4) is 0 Å². The van der Waals surface area contributed by atoms with E-state index < -0.39 is 17.6 Å². The van der Waals surface area contributed by atoms with Crippen LogP contribution in [0.1, 0.15) is 64.5 Å². The highest BCUT2D eigenvalue weighted by molar-refractivity contribution is 6.30. The van der Waals surface area contributed by atoms with Crippen LogP contribution in [0.2, 0.25) is 5.02 Å². The Morgan fingerprint density at radius 3 is 2.31 bits per heavy atom. The van der Waals surface area contributed by atoms with Gasteiger partial charge in [0.2, 0.25) is 0 Å². The van der Waals surface area contributed by atoms with Gasteiger partial charge in [-0.25, -0.2) is 4.79 Å². The molecule has 0 atom stereocenters. The van der Waals surface area contributed by atoms with Crippen molar-refractivity contribution in [2.24, 2.45) is 0 Å². The van der Waals surface area contributed by atoms with Crippen molar-refractivity contribution in [2.75, 3.05) is 56.7 Å². The summed E-state index contributed by atoms with van der Waals surface area (Å²) in [6.45, 7) is 10.9. The Bertz CT molecular complexity index is 1600. The third kappa shape index (κ3) is 13.3. The molecule has 11 nitrogen and oxygen atoms in total. The van der Waals surface area contributed by atoms with Crippen molar-refractivity contribution in [3.05, 3.63) is 76.8 Å². The second kappa shape index (κ2) is 19.2. The molecule has 276 valence electrons.